The second-order valence-corrected chi connectivity index (χ2v) is 5.28. The van der Waals surface area contributed by atoms with Crippen LogP contribution in [0.1, 0.15) is 32.6 Å². The summed E-state index contributed by atoms with van der Waals surface area (Å²) in [5, 5.41) is 7.94. The highest BCUT2D eigenvalue weighted by Crippen LogP contribution is 2.23. The van der Waals surface area contributed by atoms with Crippen molar-refractivity contribution in [1.82, 2.24) is 16.0 Å². The van der Waals surface area contributed by atoms with Gasteiger partial charge >= 0.3 is 6.03 Å². The molecule has 0 spiro atoms. The summed E-state index contributed by atoms with van der Waals surface area (Å²) in [7, 11) is 0. The lowest BCUT2D eigenvalue weighted by molar-refractivity contribution is -0.122. The Hall–Kier alpha value is -1.34. The van der Waals surface area contributed by atoms with Crippen molar-refractivity contribution in [2.75, 3.05) is 19.6 Å². The molecule has 7 nitrogen and oxygen atoms in total. The number of urea groups is 1. The van der Waals surface area contributed by atoms with Gasteiger partial charge in [-0.3, -0.25) is 14.9 Å². The molecule has 0 bridgehead atoms. The van der Waals surface area contributed by atoms with Gasteiger partial charge in [0.05, 0.1) is 0 Å². The van der Waals surface area contributed by atoms with Crippen molar-refractivity contribution in [3.8, 4) is 0 Å². The van der Waals surface area contributed by atoms with E-state index in [0.29, 0.717) is 18.3 Å². The van der Waals surface area contributed by atoms with Crippen molar-refractivity contribution in [2.45, 2.75) is 32.6 Å². The Morgan fingerprint density at radius 3 is 2.43 bits per heavy atom. The van der Waals surface area contributed by atoms with E-state index >= 15 is 0 Å². The molecule has 1 unspecified atom stereocenters. The average Bonchev–Trinajstić information content (AvgIpc) is 2.38. The van der Waals surface area contributed by atoms with Crippen LogP contribution in [0.4, 0.5) is 4.79 Å². The number of hydrogen-bond donors (Lipinski definition) is 4. The number of amides is 4. The van der Waals surface area contributed by atoms with Crippen LogP contribution in [0, 0.1) is 11.8 Å². The van der Waals surface area contributed by atoms with Crippen LogP contribution in [0.3, 0.4) is 0 Å². The average molecular weight is 321 g/mol. The second-order valence-electron chi connectivity index (χ2n) is 5.28. The zero-order valence-electron chi connectivity index (χ0n) is 12.3. The van der Waals surface area contributed by atoms with Gasteiger partial charge in [-0.2, -0.15) is 0 Å². The predicted octanol–water partition coefficient (Wildman–Crippen LogP) is 0.135. The van der Waals surface area contributed by atoms with Crippen LogP contribution < -0.4 is 21.7 Å². The molecular formula is C13H25ClN4O3. The molecule has 0 radical (unpaired) electrons. The number of hydrogen-bond acceptors (Lipinski definition) is 4. The molecular weight excluding hydrogens is 296 g/mol. The molecule has 0 saturated carbocycles. The zero-order valence-corrected chi connectivity index (χ0v) is 13.1. The van der Waals surface area contributed by atoms with Crippen molar-refractivity contribution < 1.29 is 14.4 Å². The van der Waals surface area contributed by atoms with Gasteiger partial charge < -0.3 is 16.4 Å². The van der Waals surface area contributed by atoms with E-state index in [1.54, 1.807) is 0 Å². The van der Waals surface area contributed by atoms with Crippen LogP contribution in [0.2, 0.25) is 0 Å². The molecule has 0 aromatic carbocycles. The number of nitrogens with two attached hydrogens (primary N) is 1. The number of piperidine rings is 1. The third kappa shape index (κ3) is 8.52. The van der Waals surface area contributed by atoms with Gasteiger partial charge in [0.25, 0.3) is 0 Å². The van der Waals surface area contributed by atoms with Crippen molar-refractivity contribution in [3.05, 3.63) is 0 Å². The van der Waals surface area contributed by atoms with Crippen LogP contribution in [0.15, 0.2) is 0 Å². The Balaban J connectivity index is 0.00000400. The Kier molecular flexibility index (Phi) is 9.73. The van der Waals surface area contributed by atoms with E-state index in [9.17, 15) is 14.4 Å². The predicted molar refractivity (Wildman–Crippen MR) is 82.0 cm³/mol. The van der Waals surface area contributed by atoms with Crippen LogP contribution in [0.25, 0.3) is 0 Å². The summed E-state index contributed by atoms with van der Waals surface area (Å²) >= 11 is 0. The van der Waals surface area contributed by atoms with E-state index in [2.05, 4.69) is 17.6 Å². The fourth-order valence-electron chi connectivity index (χ4n) is 2.46. The lowest BCUT2D eigenvalue weighted by Gasteiger charge is -2.27. The normalized spacial score (nSPS) is 16.4. The van der Waals surface area contributed by atoms with Crippen molar-refractivity contribution in [1.29, 1.82) is 0 Å². The molecule has 1 aliphatic heterocycles. The van der Waals surface area contributed by atoms with Crippen LogP contribution >= 0.6 is 12.4 Å². The first-order valence-corrected chi connectivity index (χ1v) is 7.05. The van der Waals surface area contributed by atoms with E-state index < -0.39 is 11.9 Å². The molecule has 1 rings (SSSR count). The maximum Gasteiger partial charge on any atom is 0.318 e. The Bertz CT molecular complexity index is 359. The minimum Gasteiger partial charge on any atom is -0.356 e. The third-order valence-electron chi connectivity index (χ3n) is 3.63. The number of halogens is 1. The number of imide groups is 1. The molecule has 0 aromatic heterocycles. The molecule has 0 aromatic rings. The Labute approximate surface area is 131 Å². The quantitative estimate of drug-likeness (QED) is 0.557. The first kappa shape index (κ1) is 19.7. The molecule has 1 saturated heterocycles. The fourth-order valence-corrected chi connectivity index (χ4v) is 2.46. The summed E-state index contributed by atoms with van der Waals surface area (Å²) < 4.78 is 0. The monoisotopic (exact) mass is 320 g/mol. The van der Waals surface area contributed by atoms with Gasteiger partial charge in [-0.05, 0) is 37.8 Å². The highest BCUT2D eigenvalue weighted by molar-refractivity contribution is 5.93. The Morgan fingerprint density at radius 1 is 1.24 bits per heavy atom. The lowest BCUT2D eigenvalue weighted by Crippen LogP contribution is -2.38. The van der Waals surface area contributed by atoms with E-state index in [1.807, 2.05) is 5.32 Å². The zero-order chi connectivity index (χ0) is 15.0. The van der Waals surface area contributed by atoms with Gasteiger partial charge in [0.1, 0.15) is 0 Å². The van der Waals surface area contributed by atoms with Crippen molar-refractivity contribution >= 4 is 30.3 Å². The molecule has 1 heterocycles. The number of carbonyl (C=O) groups excluding carboxylic acids is 3. The SMILES string of the molecule is CC(CC(=O)NCCC(=O)NC(N)=O)C1CCNCC1.Cl. The van der Waals surface area contributed by atoms with E-state index in [4.69, 9.17) is 5.73 Å². The minimum atomic E-state index is -0.874. The topological polar surface area (TPSA) is 113 Å². The van der Waals surface area contributed by atoms with Gasteiger partial charge in [0, 0.05) is 19.4 Å². The standard InChI is InChI=1S/C13H24N4O3.ClH/c1-9(10-2-5-15-6-3-10)8-12(19)16-7-4-11(18)17-13(14)20;/h9-10,15H,2-8H2,1H3,(H,16,19)(H3,14,17,18,20);1H. The number of carbonyl (C=O) groups is 3. The van der Waals surface area contributed by atoms with E-state index in [0.717, 1.165) is 25.9 Å². The molecule has 1 fully saturated rings. The first-order valence-electron chi connectivity index (χ1n) is 7.05. The van der Waals surface area contributed by atoms with Crippen LogP contribution in [0.5, 0.6) is 0 Å². The van der Waals surface area contributed by atoms with Gasteiger partial charge in [-0.1, -0.05) is 6.92 Å². The molecule has 5 N–H and O–H groups in total. The highest BCUT2D eigenvalue weighted by Gasteiger charge is 2.21. The largest absolute Gasteiger partial charge is 0.356 e. The Morgan fingerprint density at radius 2 is 1.86 bits per heavy atom. The maximum atomic E-state index is 11.7. The van der Waals surface area contributed by atoms with E-state index in [-0.39, 0.29) is 31.3 Å². The smallest absolute Gasteiger partial charge is 0.318 e. The summed E-state index contributed by atoms with van der Waals surface area (Å²) in [4.78, 5) is 33.3. The summed E-state index contributed by atoms with van der Waals surface area (Å²) in [5.74, 6) is 0.392. The maximum absolute atomic E-state index is 11.7. The fraction of sp³-hybridized carbons (Fsp3) is 0.769. The van der Waals surface area contributed by atoms with Crippen LogP contribution in [-0.4, -0.2) is 37.5 Å². The molecule has 4 amide bonds. The molecule has 122 valence electrons. The number of nitrogens with one attached hydrogen (secondary N) is 3. The number of primary amides is 1. The minimum absolute atomic E-state index is 0. The number of rotatable bonds is 6. The third-order valence-corrected chi connectivity index (χ3v) is 3.63. The summed E-state index contributed by atoms with van der Waals surface area (Å²) in [5.41, 5.74) is 4.81. The second kappa shape index (κ2) is 10.4. The van der Waals surface area contributed by atoms with Crippen molar-refractivity contribution in [3.63, 3.8) is 0 Å². The van der Waals surface area contributed by atoms with Crippen LogP contribution in [-0.2, 0) is 9.59 Å². The summed E-state index contributed by atoms with van der Waals surface area (Å²) in [6, 6.07) is -0.874. The summed E-state index contributed by atoms with van der Waals surface area (Å²) in [6.45, 7) is 4.35. The molecule has 8 heteroatoms. The van der Waals surface area contributed by atoms with Gasteiger partial charge in [-0.15, -0.1) is 12.4 Å². The molecule has 1 aliphatic rings. The van der Waals surface area contributed by atoms with Gasteiger partial charge in [-0.25, -0.2) is 4.79 Å². The van der Waals surface area contributed by atoms with Crippen molar-refractivity contribution in [2.24, 2.45) is 17.6 Å². The summed E-state index contributed by atoms with van der Waals surface area (Å²) in [6.07, 6.45) is 2.74. The van der Waals surface area contributed by atoms with Gasteiger partial charge in [0.15, 0.2) is 0 Å². The first-order chi connectivity index (χ1) is 9.49. The molecule has 21 heavy (non-hydrogen) atoms. The molecule has 1 atom stereocenters. The van der Waals surface area contributed by atoms with E-state index in [1.165, 1.54) is 0 Å². The lowest BCUT2D eigenvalue weighted by atomic mass is 9.84. The molecule has 0 aliphatic carbocycles. The highest BCUT2D eigenvalue weighted by atomic mass is 35.5. The van der Waals surface area contributed by atoms with Gasteiger partial charge in [0.2, 0.25) is 11.8 Å².